The number of hydrogen-bond donors (Lipinski definition) is 1. The molecule has 0 saturated carbocycles. The number of sulfonamides is 1. The molecule has 166 valence electrons. The van der Waals surface area contributed by atoms with E-state index in [0.717, 1.165) is 12.8 Å². The SMILES string of the molecule is CCCN(CCC)S(=O)(=O)c1ccc(N2C[C@H](C(=O)Nc3cccnc3)CC2=O)cc1. The summed E-state index contributed by atoms with van der Waals surface area (Å²) >= 11 is 0. The fourth-order valence-corrected chi connectivity index (χ4v) is 5.24. The van der Waals surface area contributed by atoms with Crippen LogP contribution in [0, 0.1) is 5.92 Å². The minimum atomic E-state index is -3.58. The first-order valence-electron chi connectivity index (χ1n) is 10.5. The number of anilines is 2. The predicted molar refractivity (Wildman–Crippen MR) is 119 cm³/mol. The van der Waals surface area contributed by atoms with Crippen molar-refractivity contribution in [2.75, 3.05) is 29.9 Å². The third-order valence-electron chi connectivity index (χ3n) is 5.16. The van der Waals surface area contributed by atoms with E-state index >= 15 is 0 Å². The number of carbonyl (C=O) groups is 2. The molecule has 1 aliphatic heterocycles. The topological polar surface area (TPSA) is 99.7 Å². The van der Waals surface area contributed by atoms with Gasteiger partial charge in [0.15, 0.2) is 0 Å². The highest BCUT2D eigenvalue weighted by Crippen LogP contribution is 2.28. The van der Waals surface area contributed by atoms with E-state index in [1.165, 1.54) is 21.3 Å². The number of benzene rings is 1. The molecule has 2 amide bonds. The molecule has 9 heteroatoms. The first-order chi connectivity index (χ1) is 14.9. The van der Waals surface area contributed by atoms with E-state index in [4.69, 9.17) is 0 Å². The van der Waals surface area contributed by atoms with Crippen molar-refractivity contribution in [2.45, 2.75) is 38.0 Å². The van der Waals surface area contributed by atoms with Crippen molar-refractivity contribution in [3.8, 4) is 0 Å². The highest BCUT2D eigenvalue weighted by Gasteiger charge is 2.35. The summed E-state index contributed by atoms with van der Waals surface area (Å²) in [6, 6.07) is 9.77. The second kappa shape index (κ2) is 10.0. The second-order valence-electron chi connectivity index (χ2n) is 7.53. The maximum Gasteiger partial charge on any atom is 0.243 e. The lowest BCUT2D eigenvalue weighted by Gasteiger charge is -2.22. The molecule has 3 rings (SSSR count). The van der Waals surface area contributed by atoms with E-state index in [1.807, 2.05) is 13.8 Å². The molecule has 0 bridgehead atoms. The molecule has 1 saturated heterocycles. The third kappa shape index (κ3) is 5.29. The Labute approximate surface area is 183 Å². The van der Waals surface area contributed by atoms with Crippen molar-refractivity contribution in [2.24, 2.45) is 5.92 Å². The number of aromatic nitrogens is 1. The smallest absolute Gasteiger partial charge is 0.243 e. The van der Waals surface area contributed by atoms with Crippen LogP contribution in [0.1, 0.15) is 33.1 Å². The Morgan fingerprint density at radius 1 is 1.16 bits per heavy atom. The summed E-state index contributed by atoms with van der Waals surface area (Å²) in [5, 5.41) is 2.78. The minimum absolute atomic E-state index is 0.104. The van der Waals surface area contributed by atoms with Crippen LogP contribution in [0.2, 0.25) is 0 Å². The van der Waals surface area contributed by atoms with E-state index in [2.05, 4.69) is 10.3 Å². The normalized spacial score (nSPS) is 16.7. The highest BCUT2D eigenvalue weighted by molar-refractivity contribution is 7.89. The zero-order valence-corrected chi connectivity index (χ0v) is 18.6. The lowest BCUT2D eigenvalue weighted by molar-refractivity contribution is -0.122. The van der Waals surface area contributed by atoms with Crippen LogP contribution in [0.3, 0.4) is 0 Å². The molecule has 1 N–H and O–H groups in total. The van der Waals surface area contributed by atoms with E-state index in [1.54, 1.807) is 36.7 Å². The van der Waals surface area contributed by atoms with Crippen LogP contribution in [0.25, 0.3) is 0 Å². The maximum absolute atomic E-state index is 12.9. The molecule has 2 aromatic rings. The molecule has 0 spiro atoms. The van der Waals surface area contributed by atoms with Crippen LogP contribution < -0.4 is 10.2 Å². The Morgan fingerprint density at radius 3 is 2.42 bits per heavy atom. The van der Waals surface area contributed by atoms with Crippen LogP contribution >= 0.6 is 0 Å². The zero-order valence-electron chi connectivity index (χ0n) is 17.8. The summed E-state index contributed by atoms with van der Waals surface area (Å²) in [7, 11) is -3.58. The Morgan fingerprint density at radius 2 is 1.84 bits per heavy atom. The Bertz CT molecular complexity index is 1000. The standard InChI is InChI=1S/C22H28N4O4S/c1-3-12-25(13-4-2)31(29,30)20-9-7-19(8-10-20)26-16-17(14-21(26)27)22(28)24-18-6-5-11-23-15-18/h5-11,15,17H,3-4,12-14,16H2,1-2H3,(H,24,28)/t17-/m1/s1. The molecular formula is C22H28N4O4S. The number of amides is 2. The highest BCUT2D eigenvalue weighted by atomic mass is 32.2. The first kappa shape index (κ1) is 22.9. The number of carbonyl (C=O) groups excluding carboxylic acids is 2. The van der Waals surface area contributed by atoms with Gasteiger partial charge in [-0.05, 0) is 49.2 Å². The summed E-state index contributed by atoms with van der Waals surface area (Å²) in [5.74, 6) is -0.890. The van der Waals surface area contributed by atoms with Crippen molar-refractivity contribution in [1.82, 2.24) is 9.29 Å². The number of nitrogens with one attached hydrogen (secondary N) is 1. The molecule has 1 aromatic heterocycles. The molecule has 1 aliphatic rings. The van der Waals surface area contributed by atoms with Gasteiger partial charge in [-0.25, -0.2) is 8.42 Å². The molecule has 1 fully saturated rings. The van der Waals surface area contributed by atoms with Crippen LogP contribution in [0.4, 0.5) is 11.4 Å². The van der Waals surface area contributed by atoms with Gasteiger partial charge in [-0.15, -0.1) is 0 Å². The van der Waals surface area contributed by atoms with E-state index < -0.39 is 15.9 Å². The van der Waals surface area contributed by atoms with Crippen molar-refractivity contribution in [3.63, 3.8) is 0 Å². The molecule has 0 radical (unpaired) electrons. The van der Waals surface area contributed by atoms with Gasteiger partial charge in [0, 0.05) is 37.9 Å². The minimum Gasteiger partial charge on any atom is -0.324 e. The Balaban J connectivity index is 1.71. The van der Waals surface area contributed by atoms with Crippen molar-refractivity contribution >= 4 is 33.2 Å². The summed E-state index contributed by atoms with van der Waals surface area (Å²) in [6.07, 6.45) is 4.74. The van der Waals surface area contributed by atoms with Crippen LogP contribution in [0.5, 0.6) is 0 Å². The quantitative estimate of drug-likeness (QED) is 0.641. The van der Waals surface area contributed by atoms with Gasteiger partial charge in [-0.3, -0.25) is 14.6 Å². The maximum atomic E-state index is 12.9. The van der Waals surface area contributed by atoms with Gasteiger partial charge < -0.3 is 10.2 Å². The number of hydrogen-bond acceptors (Lipinski definition) is 5. The van der Waals surface area contributed by atoms with Crippen molar-refractivity contribution in [3.05, 3.63) is 48.8 Å². The van der Waals surface area contributed by atoms with E-state index in [0.29, 0.717) is 24.5 Å². The van der Waals surface area contributed by atoms with Gasteiger partial charge in [0.1, 0.15) is 0 Å². The molecule has 1 aromatic carbocycles. The summed E-state index contributed by atoms with van der Waals surface area (Å²) in [5.41, 5.74) is 1.16. The lowest BCUT2D eigenvalue weighted by Crippen LogP contribution is -2.32. The Kier molecular flexibility index (Phi) is 7.40. The van der Waals surface area contributed by atoms with Gasteiger partial charge in [-0.1, -0.05) is 13.8 Å². The monoisotopic (exact) mass is 444 g/mol. The molecule has 2 heterocycles. The van der Waals surface area contributed by atoms with Crippen molar-refractivity contribution < 1.29 is 18.0 Å². The number of pyridine rings is 1. The Hall–Kier alpha value is -2.78. The summed E-state index contributed by atoms with van der Waals surface area (Å²) in [6.45, 7) is 5.07. The average Bonchev–Trinajstić information content (AvgIpc) is 3.16. The molecule has 0 unspecified atom stereocenters. The van der Waals surface area contributed by atoms with Crippen LogP contribution in [-0.4, -0.2) is 49.2 Å². The molecule has 8 nitrogen and oxygen atoms in total. The molecule has 31 heavy (non-hydrogen) atoms. The van der Waals surface area contributed by atoms with Crippen molar-refractivity contribution in [1.29, 1.82) is 0 Å². The van der Waals surface area contributed by atoms with Gasteiger partial charge >= 0.3 is 0 Å². The molecule has 0 aliphatic carbocycles. The van der Waals surface area contributed by atoms with Gasteiger partial charge in [-0.2, -0.15) is 4.31 Å². The van der Waals surface area contributed by atoms with Crippen LogP contribution in [0.15, 0.2) is 53.7 Å². The second-order valence-corrected chi connectivity index (χ2v) is 9.47. The summed E-state index contributed by atoms with van der Waals surface area (Å²) in [4.78, 5) is 30.7. The third-order valence-corrected chi connectivity index (χ3v) is 7.07. The zero-order chi connectivity index (χ0) is 22.4. The predicted octanol–water partition coefficient (Wildman–Crippen LogP) is 2.88. The largest absolute Gasteiger partial charge is 0.324 e. The first-order valence-corrected chi connectivity index (χ1v) is 11.9. The fourth-order valence-electron chi connectivity index (χ4n) is 3.61. The van der Waals surface area contributed by atoms with E-state index in [9.17, 15) is 18.0 Å². The van der Waals surface area contributed by atoms with E-state index in [-0.39, 0.29) is 29.7 Å². The molecule has 1 atom stereocenters. The number of rotatable bonds is 9. The number of nitrogens with zero attached hydrogens (tertiary/aromatic N) is 3. The van der Waals surface area contributed by atoms with Gasteiger partial charge in [0.05, 0.1) is 22.7 Å². The average molecular weight is 445 g/mol. The van der Waals surface area contributed by atoms with Gasteiger partial charge in [0.25, 0.3) is 0 Å². The molecular weight excluding hydrogens is 416 g/mol. The summed E-state index contributed by atoms with van der Waals surface area (Å²) < 4.78 is 27.3. The van der Waals surface area contributed by atoms with Gasteiger partial charge in [0.2, 0.25) is 21.8 Å². The lowest BCUT2D eigenvalue weighted by atomic mass is 10.1. The fraction of sp³-hybridized carbons (Fsp3) is 0.409. The van der Waals surface area contributed by atoms with Crippen LogP contribution in [-0.2, 0) is 19.6 Å².